The molecule has 2 heterocycles. The van der Waals surface area contributed by atoms with Gasteiger partial charge in [-0.1, -0.05) is 36.1 Å². The van der Waals surface area contributed by atoms with Crippen LogP contribution in [-0.2, 0) is 9.53 Å². The largest absolute Gasteiger partial charge is 0.496 e. The molecule has 0 N–H and O–H groups in total. The normalized spacial score (nSPS) is 15.0. The van der Waals surface area contributed by atoms with Crippen molar-refractivity contribution in [3.63, 3.8) is 0 Å². The molecule has 2 aromatic carbocycles. The van der Waals surface area contributed by atoms with Gasteiger partial charge in [0, 0.05) is 0 Å². The van der Waals surface area contributed by atoms with Gasteiger partial charge in [0.25, 0.3) is 5.56 Å². The lowest BCUT2D eigenvalue weighted by Gasteiger charge is -2.25. The number of ether oxygens (including phenoxy) is 4. The van der Waals surface area contributed by atoms with Gasteiger partial charge in [-0.25, -0.2) is 9.79 Å². The van der Waals surface area contributed by atoms with Gasteiger partial charge in [0.1, 0.15) is 12.4 Å². The first kappa shape index (κ1) is 27.4. The van der Waals surface area contributed by atoms with Gasteiger partial charge in [-0.3, -0.25) is 9.36 Å². The average molecular weight is 600 g/mol. The van der Waals surface area contributed by atoms with Gasteiger partial charge < -0.3 is 18.9 Å². The van der Waals surface area contributed by atoms with Crippen molar-refractivity contribution in [2.75, 3.05) is 27.4 Å². The van der Waals surface area contributed by atoms with Crippen molar-refractivity contribution in [2.45, 2.75) is 19.9 Å². The first-order chi connectivity index (χ1) is 18.3. The Morgan fingerprint density at radius 2 is 1.89 bits per heavy atom. The zero-order valence-corrected chi connectivity index (χ0v) is 23.9. The molecule has 0 aliphatic carbocycles. The quantitative estimate of drug-likeness (QED) is 0.272. The highest BCUT2D eigenvalue weighted by atomic mass is 79.9. The summed E-state index contributed by atoms with van der Waals surface area (Å²) < 4.78 is 24.5. The predicted molar refractivity (Wildman–Crippen MR) is 150 cm³/mol. The summed E-state index contributed by atoms with van der Waals surface area (Å²) in [5.41, 5.74) is 2.01. The van der Waals surface area contributed by atoms with Gasteiger partial charge >= 0.3 is 5.97 Å². The molecule has 3 aromatic rings. The van der Waals surface area contributed by atoms with E-state index in [2.05, 4.69) is 27.5 Å². The highest BCUT2D eigenvalue weighted by Gasteiger charge is 2.33. The van der Waals surface area contributed by atoms with Gasteiger partial charge in [-0.05, 0) is 71.2 Å². The second-order valence-electron chi connectivity index (χ2n) is 8.21. The molecule has 4 rings (SSSR count). The Kier molecular flexibility index (Phi) is 8.53. The van der Waals surface area contributed by atoms with Crippen molar-refractivity contribution in [2.24, 2.45) is 4.99 Å². The molecule has 0 saturated heterocycles. The maximum atomic E-state index is 13.8. The van der Waals surface area contributed by atoms with E-state index < -0.39 is 12.0 Å². The topological polar surface area (TPSA) is 88.4 Å². The molecular weight excluding hydrogens is 572 g/mol. The van der Waals surface area contributed by atoms with Crippen molar-refractivity contribution in [1.82, 2.24) is 4.57 Å². The summed E-state index contributed by atoms with van der Waals surface area (Å²) in [7, 11) is 3.13. The minimum absolute atomic E-state index is 0.202. The number of rotatable bonds is 9. The Hall–Kier alpha value is -3.63. The molecule has 0 saturated carbocycles. The number of hydrogen-bond acceptors (Lipinski definition) is 8. The van der Waals surface area contributed by atoms with Crippen LogP contribution in [0.2, 0.25) is 0 Å². The van der Waals surface area contributed by atoms with Crippen LogP contribution in [0.25, 0.3) is 6.08 Å². The van der Waals surface area contributed by atoms with E-state index in [9.17, 15) is 9.59 Å². The Labute approximate surface area is 232 Å². The van der Waals surface area contributed by atoms with Crippen LogP contribution in [0.4, 0.5) is 0 Å². The van der Waals surface area contributed by atoms with E-state index in [-0.39, 0.29) is 12.2 Å². The molecule has 38 heavy (non-hydrogen) atoms. The standard InChI is InChI=1S/C28H27BrN2O6S/c1-6-12-37-21-10-8-17(13-22(21)35-5)14-23-26(32)31-25(18-9-11-20(34-4)19(29)15-18)24(27(33)36-7-2)16(3)30-28(31)38-23/h6,8-11,13-15,25H,1,7,12H2,2-5H3/b23-14+/t25-/m0/s1. The lowest BCUT2D eigenvalue weighted by Crippen LogP contribution is -2.39. The maximum Gasteiger partial charge on any atom is 0.338 e. The number of fused-ring (bicyclic) bond motifs is 1. The number of nitrogens with zero attached hydrogens (tertiary/aromatic N) is 2. The molecule has 0 radical (unpaired) electrons. The second kappa shape index (κ2) is 11.8. The van der Waals surface area contributed by atoms with Crippen LogP contribution >= 0.6 is 27.3 Å². The summed E-state index contributed by atoms with van der Waals surface area (Å²) in [6.45, 7) is 7.70. The minimum atomic E-state index is -0.723. The number of methoxy groups -OCH3 is 2. The van der Waals surface area contributed by atoms with Crippen LogP contribution in [0.3, 0.4) is 0 Å². The van der Waals surface area contributed by atoms with Crippen LogP contribution in [0.1, 0.15) is 31.0 Å². The van der Waals surface area contributed by atoms with E-state index in [1.54, 1.807) is 63.0 Å². The highest BCUT2D eigenvalue weighted by molar-refractivity contribution is 9.10. The van der Waals surface area contributed by atoms with Gasteiger partial charge in [-0.2, -0.15) is 0 Å². The summed E-state index contributed by atoms with van der Waals surface area (Å²) in [5.74, 6) is 1.23. The van der Waals surface area contributed by atoms with Gasteiger partial charge in [0.05, 0.1) is 47.1 Å². The molecule has 10 heteroatoms. The summed E-state index contributed by atoms with van der Waals surface area (Å²) in [6, 6.07) is 10.2. The first-order valence-corrected chi connectivity index (χ1v) is 13.4. The number of carbonyl (C=O) groups is 1. The monoisotopic (exact) mass is 598 g/mol. The van der Waals surface area contributed by atoms with E-state index in [1.165, 1.54) is 11.3 Å². The van der Waals surface area contributed by atoms with Crippen LogP contribution in [0, 0.1) is 0 Å². The van der Waals surface area contributed by atoms with E-state index in [0.29, 0.717) is 54.5 Å². The van der Waals surface area contributed by atoms with E-state index in [4.69, 9.17) is 18.9 Å². The summed E-state index contributed by atoms with van der Waals surface area (Å²) in [4.78, 5) is 32.0. The van der Waals surface area contributed by atoms with Gasteiger partial charge in [-0.15, -0.1) is 0 Å². The van der Waals surface area contributed by atoms with Crippen molar-refractivity contribution in [1.29, 1.82) is 0 Å². The molecule has 1 aliphatic heterocycles. The predicted octanol–water partition coefficient (Wildman–Crippen LogP) is 4.14. The third-order valence-corrected chi connectivity index (χ3v) is 7.45. The average Bonchev–Trinajstić information content (AvgIpc) is 3.20. The fraction of sp³-hybridized carbons (Fsp3) is 0.250. The Morgan fingerprint density at radius 1 is 1.16 bits per heavy atom. The number of hydrogen-bond donors (Lipinski definition) is 0. The van der Waals surface area contributed by atoms with Crippen molar-refractivity contribution >= 4 is 39.3 Å². The third-order valence-electron chi connectivity index (χ3n) is 5.85. The molecular formula is C28H27BrN2O6S. The number of benzene rings is 2. The molecule has 0 spiro atoms. The number of allylic oxidation sites excluding steroid dienone is 1. The second-order valence-corrected chi connectivity index (χ2v) is 10.1. The zero-order valence-electron chi connectivity index (χ0n) is 21.4. The van der Waals surface area contributed by atoms with Crippen molar-refractivity contribution in [3.8, 4) is 17.2 Å². The lowest BCUT2D eigenvalue weighted by atomic mass is 9.96. The number of esters is 1. The van der Waals surface area contributed by atoms with Crippen LogP contribution in [0.5, 0.6) is 17.2 Å². The zero-order chi connectivity index (χ0) is 27.4. The van der Waals surface area contributed by atoms with E-state index in [1.807, 2.05) is 18.2 Å². The SMILES string of the molecule is C=CCOc1ccc(/C=c2/sc3n(c2=O)[C@@H](c2ccc(OC)c(Br)c2)C(C(=O)OCC)=C(C)N=3)cc1OC. The summed E-state index contributed by atoms with van der Waals surface area (Å²) in [5, 5.41) is 0. The van der Waals surface area contributed by atoms with E-state index in [0.717, 1.165) is 5.56 Å². The molecule has 1 aromatic heterocycles. The lowest BCUT2D eigenvalue weighted by molar-refractivity contribution is -0.139. The fourth-order valence-corrected chi connectivity index (χ4v) is 5.76. The summed E-state index contributed by atoms with van der Waals surface area (Å²) >= 11 is 4.77. The molecule has 0 fully saturated rings. The number of carbonyl (C=O) groups excluding carboxylic acids is 1. The molecule has 0 amide bonds. The highest BCUT2D eigenvalue weighted by Crippen LogP contribution is 2.35. The molecule has 1 aliphatic rings. The van der Waals surface area contributed by atoms with Crippen molar-refractivity contribution < 1.29 is 23.7 Å². The Morgan fingerprint density at radius 3 is 2.55 bits per heavy atom. The van der Waals surface area contributed by atoms with Crippen LogP contribution < -0.4 is 29.1 Å². The molecule has 0 bridgehead atoms. The molecule has 0 unspecified atom stereocenters. The number of aromatic nitrogens is 1. The van der Waals surface area contributed by atoms with Gasteiger partial charge in [0.2, 0.25) is 0 Å². The van der Waals surface area contributed by atoms with Gasteiger partial charge in [0.15, 0.2) is 16.3 Å². The number of thiazole rings is 1. The molecule has 198 valence electrons. The first-order valence-electron chi connectivity index (χ1n) is 11.8. The third kappa shape index (κ3) is 5.32. The minimum Gasteiger partial charge on any atom is -0.496 e. The fourth-order valence-electron chi connectivity index (χ4n) is 4.15. The number of halogens is 1. The Bertz CT molecular complexity index is 1600. The smallest absolute Gasteiger partial charge is 0.338 e. The van der Waals surface area contributed by atoms with E-state index >= 15 is 0 Å². The molecule has 1 atom stereocenters. The summed E-state index contributed by atoms with van der Waals surface area (Å²) in [6.07, 6.45) is 3.42. The Balaban J connectivity index is 1.89. The van der Waals surface area contributed by atoms with Crippen molar-refractivity contribution in [3.05, 3.63) is 95.6 Å². The van der Waals surface area contributed by atoms with Crippen LogP contribution in [0.15, 0.2) is 74.6 Å². The van der Waals surface area contributed by atoms with Crippen LogP contribution in [-0.4, -0.2) is 38.0 Å². The molecule has 8 nitrogen and oxygen atoms in total. The maximum absolute atomic E-state index is 13.8.